The van der Waals surface area contributed by atoms with Crippen molar-refractivity contribution in [3.05, 3.63) is 64.4 Å². The van der Waals surface area contributed by atoms with Gasteiger partial charge in [0.2, 0.25) is 5.91 Å². The molecule has 1 N–H and O–H groups in total. The molecule has 0 aliphatic carbocycles. The van der Waals surface area contributed by atoms with E-state index in [-0.39, 0.29) is 5.91 Å². The van der Waals surface area contributed by atoms with Gasteiger partial charge in [-0.15, -0.1) is 0 Å². The molecular weight excluding hydrogens is 350 g/mol. The first-order valence-electron chi connectivity index (χ1n) is 9.51. The quantitative estimate of drug-likeness (QED) is 0.557. The van der Waals surface area contributed by atoms with Crippen LogP contribution < -0.4 is 10.1 Å². The summed E-state index contributed by atoms with van der Waals surface area (Å²) < 4.78 is 11.6. The van der Waals surface area contributed by atoms with E-state index in [1.165, 1.54) is 5.56 Å². The van der Waals surface area contributed by atoms with E-state index in [1.807, 2.05) is 58.0 Å². The van der Waals surface area contributed by atoms with E-state index in [1.54, 1.807) is 13.2 Å². The smallest absolute Gasteiger partial charge is 0.248 e. The number of carbonyl (C=O) groups is 1. The number of fused-ring (bicyclic) bond motifs is 1. The Morgan fingerprint density at radius 2 is 1.82 bits per heavy atom. The van der Waals surface area contributed by atoms with Gasteiger partial charge < -0.3 is 14.5 Å². The fourth-order valence-electron chi connectivity index (χ4n) is 3.44. The minimum absolute atomic E-state index is 0.165. The molecule has 4 nitrogen and oxygen atoms in total. The van der Waals surface area contributed by atoms with Crippen molar-refractivity contribution in [3.8, 4) is 5.75 Å². The molecule has 1 amide bonds. The summed E-state index contributed by atoms with van der Waals surface area (Å²) in [6.45, 7) is 10.0. The van der Waals surface area contributed by atoms with Gasteiger partial charge in [0.25, 0.3) is 0 Å². The number of hydrogen-bond donors (Lipinski definition) is 1. The molecule has 146 valence electrons. The number of rotatable bonds is 5. The van der Waals surface area contributed by atoms with E-state index >= 15 is 0 Å². The number of furan rings is 1. The molecule has 0 aliphatic rings. The van der Waals surface area contributed by atoms with E-state index in [0.29, 0.717) is 0 Å². The lowest BCUT2D eigenvalue weighted by Gasteiger charge is -2.13. The van der Waals surface area contributed by atoms with Crippen LogP contribution in [-0.4, -0.2) is 13.0 Å². The Bertz CT molecular complexity index is 1060. The molecule has 3 rings (SSSR count). The van der Waals surface area contributed by atoms with Crippen molar-refractivity contribution in [2.75, 3.05) is 12.4 Å². The summed E-state index contributed by atoms with van der Waals surface area (Å²) in [5.41, 5.74) is 6.64. The summed E-state index contributed by atoms with van der Waals surface area (Å²) >= 11 is 0. The highest BCUT2D eigenvalue weighted by Gasteiger charge is 2.18. The Balaban J connectivity index is 1.95. The van der Waals surface area contributed by atoms with Gasteiger partial charge in [-0.2, -0.15) is 0 Å². The number of ether oxygens (including phenoxy) is 1. The first-order valence-corrected chi connectivity index (χ1v) is 9.51. The van der Waals surface area contributed by atoms with E-state index in [0.717, 1.165) is 56.9 Å². The molecule has 0 saturated carbocycles. The number of methoxy groups -OCH3 is 1. The molecule has 0 aliphatic heterocycles. The van der Waals surface area contributed by atoms with E-state index in [9.17, 15) is 4.79 Å². The first-order chi connectivity index (χ1) is 13.3. The number of amides is 1. The molecule has 0 spiro atoms. The summed E-state index contributed by atoms with van der Waals surface area (Å²) in [5, 5.41) is 3.97. The maximum absolute atomic E-state index is 12.5. The molecular formula is C24H27NO3. The lowest BCUT2D eigenvalue weighted by Crippen LogP contribution is -2.08. The van der Waals surface area contributed by atoms with Crippen LogP contribution in [0.3, 0.4) is 0 Å². The number of aryl methyl sites for hydroxylation is 4. The number of anilines is 1. The van der Waals surface area contributed by atoms with Gasteiger partial charge in [-0.3, -0.25) is 4.79 Å². The summed E-state index contributed by atoms with van der Waals surface area (Å²) in [4.78, 5) is 12.5. The van der Waals surface area contributed by atoms with Crippen LogP contribution in [0.2, 0.25) is 0 Å². The second-order valence-electron chi connectivity index (χ2n) is 7.11. The molecule has 2 aromatic carbocycles. The average Bonchev–Trinajstić information content (AvgIpc) is 2.97. The number of carbonyl (C=O) groups excluding carboxylic acids is 1. The molecule has 1 heterocycles. The summed E-state index contributed by atoms with van der Waals surface area (Å²) in [7, 11) is 1.64. The topological polar surface area (TPSA) is 51.5 Å². The highest BCUT2D eigenvalue weighted by Crippen LogP contribution is 2.38. The molecule has 3 aromatic rings. The monoisotopic (exact) mass is 377 g/mol. The Labute approximate surface area is 166 Å². The minimum atomic E-state index is -0.165. The Morgan fingerprint density at radius 1 is 1.14 bits per heavy atom. The molecule has 0 atom stereocenters. The van der Waals surface area contributed by atoms with Crippen molar-refractivity contribution in [3.63, 3.8) is 0 Å². The zero-order chi connectivity index (χ0) is 20.4. The maximum Gasteiger partial charge on any atom is 0.248 e. The van der Waals surface area contributed by atoms with Crippen LogP contribution in [0.25, 0.3) is 16.5 Å². The zero-order valence-corrected chi connectivity index (χ0v) is 17.4. The third-order valence-corrected chi connectivity index (χ3v) is 5.25. The van der Waals surface area contributed by atoms with Crippen LogP contribution in [0, 0.1) is 20.8 Å². The number of benzene rings is 2. The van der Waals surface area contributed by atoms with Crippen LogP contribution in [0.1, 0.15) is 41.9 Å². The Morgan fingerprint density at radius 3 is 2.43 bits per heavy atom. The second-order valence-corrected chi connectivity index (χ2v) is 7.11. The third kappa shape index (κ3) is 3.68. The van der Waals surface area contributed by atoms with Gasteiger partial charge in [-0.05, 0) is 69.0 Å². The molecule has 0 radical (unpaired) electrons. The Hall–Kier alpha value is -3.01. The first kappa shape index (κ1) is 19.7. The SMILES string of the molecule is CCc1ccc(NC(=O)/C=C(\C)c2cc3c(C)c(C)oc3c(C)c2OC)cc1. The summed E-state index contributed by atoms with van der Waals surface area (Å²) in [6.07, 6.45) is 2.58. The van der Waals surface area contributed by atoms with Crippen molar-refractivity contribution in [1.82, 2.24) is 0 Å². The molecule has 0 unspecified atom stereocenters. The summed E-state index contributed by atoms with van der Waals surface area (Å²) in [6, 6.07) is 9.94. The van der Waals surface area contributed by atoms with Crippen LogP contribution in [0.15, 0.2) is 40.8 Å². The van der Waals surface area contributed by atoms with Crippen LogP contribution in [0.4, 0.5) is 5.69 Å². The predicted molar refractivity (Wildman–Crippen MR) is 115 cm³/mol. The average molecular weight is 377 g/mol. The van der Waals surface area contributed by atoms with E-state index in [2.05, 4.69) is 12.2 Å². The lowest BCUT2D eigenvalue weighted by atomic mass is 9.98. The van der Waals surface area contributed by atoms with Gasteiger partial charge in [0, 0.05) is 28.3 Å². The maximum atomic E-state index is 12.5. The van der Waals surface area contributed by atoms with Gasteiger partial charge >= 0.3 is 0 Å². The van der Waals surface area contributed by atoms with Gasteiger partial charge in [-0.1, -0.05) is 19.1 Å². The van der Waals surface area contributed by atoms with Crippen molar-refractivity contribution < 1.29 is 13.9 Å². The lowest BCUT2D eigenvalue weighted by molar-refractivity contribution is -0.111. The standard InChI is InChI=1S/C24H27NO3/c1-7-18-8-10-19(11-9-18)25-22(26)12-14(2)20-13-21-15(3)17(5)28-24(21)16(4)23(20)27-6/h8-13H,7H2,1-6H3,(H,25,26)/b14-12+. The van der Waals surface area contributed by atoms with Crippen molar-refractivity contribution in [1.29, 1.82) is 0 Å². The van der Waals surface area contributed by atoms with Gasteiger partial charge in [-0.25, -0.2) is 0 Å². The highest BCUT2D eigenvalue weighted by molar-refractivity contribution is 6.05. The fourth-order valence-corrected chi connectivity index (χ4v) is 3.44. The largest absolute Gasteiger partial charge is 0.496 e. The normalized spacial score (nSPS) is 11.7. The van der Waals surface area contributed by atoms with Crippen LogP contribution in [0.5, 0.6) is 5.75 Å². The van der Waals surface area contributed by atoms with Crippen molar-refractivity contribution in [2.45, 2.75) is 41.0 Å². The Kier molecular flexibility index (Phi) is 5.59. The molecule has 28 heavy (non-hydrogen) atoms. The molecule has 4 heteroatoms. The summed E-state index contributed by atoms with van der Waals surface area (Å²) in [5.74, 6) is 1.46. The second kappa shape index (κ2) is 7.93. The molecule has 1 aromatic heterocycles. The fraction of sp³-hybridized carbons (Fsp3) is 0.292. The van der Waals surface area contributed by atoms with E-state index in [4.69, 9.17) is 9.15 Å². The number of nitrogens with one attached hydrogen (secondary N) is 1. The minimum Gasteiger partial charge on any atom is -0.496 e. The van der Waals surface area contributed by atoms with Crippen molar-refractivity contribution >= 4 is 28.1 Å². The third-order valence-electron chi connectivity index (χ3n) is 5.25. The van der Waals surface area contributed by atoms with E-state index < -0.39 is 0 Å². The predicted octanol–water partition coefficient (Wildman–Crippen LogP) is 5.97. The van der Waals surface area contributed by atoms with Gasteiger partial charge in [0.05, 0.1) is 7.11 Å². The molecule has 0 bridgehead atoms. The van der Waals surface area contributed by atoms with Gasteiger partial charge in [0.1, 0.15) is 17.1 Å². The highest BCUT2D eigenvalue weighted by atomic mass is 16.5. The zero-order valence-electron chi connectivity index (χ0n) is 17.4. The van der Waals surface area contributed by atoms with Crippen LogP contribution >= 0.6 is 0 Å². The number of hydrogen-bond acceptors (Lipinski definition) is 3. The molecule has 0 saturated heterocycles. The molecule has 0 fully saturated rings. The van der Waals surface area contributed by atoms with Gasteiger partial charge in [0.15, 0.2) is 0 Å². The van der Waals surface area contributed by atoms with Crippen LogP contribution in [-0.2, 0) is 11.2 Å². The number of allylic oxidation sites excluding steroid dienone is 1. The van der Waals surface area contributed by atoms with Crippen molar-refractivity contribution in [2.24, 2.45) is 0 Å².